The third-order valence-corrected chi connectivity index (χ3v) is 11.1. The first-order valence-corrected chi connectivity index (χ1v) is 23.9. The molecule has 1 aliphatic rings. The van der Waals surface area contributed by atoms with E-state index in [9.17, 15) is 38.8 Å². The second-order valence-electron chi connectivity index (χ2n) is 15.6. The van der Waals surface area contributed by atoms with Crippen LogP contribution in [0.5, 0.6) is 0 Å². The van der Waals surface area contributed by atoms with Crippen molar-refractivity contribution in [2.45, 2.75) is 173 Å². The van der Waals surface area contributed by atoms with Crippen molar-refractivity contribution in [1.29, 1.82) is 0 Å². The smallest absolute Gasteiger partial charge is 0.472 e. The normalized spacial score (nSPS) is 19.7. The van der Waals surface area contributed by atoms with Gasteiger partial charge in [-0.25, -0.2) is 4.57 Å². The van der Waals surface area contributed by atoms with Crippen LogP contribution in [0.15, 0.2) is 60.8 Å². The number of allylic oxidation sites excluding steroid dienone is 8. The molecule has 7 atom stereocenters. The molecule has 1 rings (SSSR count). The quantitative estimate of drug-likeness (QED) is 0.0171. The summed E-state index contributed by atoms with van der Waals surface area (Å²) in [5.74, 6) is -3.53. The maximum Gasteiger partial charge on any atom is 0.472 e. The molecule has 0 aliphatic heterocycles. The highest BCUT2D eigenvalue weighted by molar-refractivity contribution is 7.47. The number of carbonyl (C=O) groups is 4. The summed E-state index contributed by atoms with van der Waals surface area (Å²) in [6.45, 7) is 2.35. The number of aliphatic carboxylic acids is 1. The van der Waals surface area contributed by atoms with Gasteiger partial charge in [-0.05, 0) is 64.2 Å². The van der Waals surface area contributed by atoms with Crippen LogP contribution < -0.4 is 5.73 Å². The number of phosphoric acid groups is 1. The number of carboxylic acid groups (broad SMARTS) is 1. The number of carbonyl (C=O) groups excluding carboxylic acids is 3. The predicted molar refractivity (Wildman–Crippen MR) is 236 cm³/mol. The molecule has 0 bridgehead atoms. The Hall–Kier alpha value is -3.23. The highest BCUT2D eigenvalue weighted by Gasteiger charge is 2.39. The summed E-state index contributed by atoms with van der Waals surface area (Å²) in [6, 6.07) is -1.58. The van der Waals surface area contributed by atoms with E-state index in [4.69, 9.17) is 24.8 Å². The number of rotatable bonds is 37. The van der Waals surface area contributed by atoms with Crippen molar-refractivity contribution in [1.82, 2.24) is 0 Å². The number of aliphatic hydroxyl groups excluding tert-OH is 2. The van der Waals surface area contributed by atoms with E-state index in [1.807, 2.05) is 24.3 Å². The fourth-order valence-corrected chi connectivity index (χ4v) is 7.25. The molecule has 1 fully saturated rings. The van der Waals surface area contributed by atoms with Crippen molar-refractivity contribution in [3.05, 3.63) is 60.8 Å². The van der Waals surface area contributed by atoms with Gasteiger partial charge in [-0.1, -0.05) is 126 Å². The van der Waals surface area contributed by atoms with Gasteiger partial charge in [-0.2, -0.15) is 0 Å². The Bertz CT molecular complexity index is 1430. The van der Waals surface area contributed by atoms with E-state index in [-0.39, 0.29) is 31.0 Å². The van der Waals surface area contributed by atoms with Crippen molar-refractivity contribution in [2.24, 2.45) is 17.6 Å². The van der Waals surface area contributed by atoms with Gasteiger partial charge in [0.1, 0.15) is 18.4 Å². The molecule has 0 amide bonds. The Balaban J connectivity index is 2.54. The molecule has 0 aromatic rings. The molecule has 0 saturated heterocycles. The maximum atomic E-state index is 12.7. The SMILES string of the molecule is CCCCCCCC/C=C\C/C=C\C/C=C\CCCC(=O)OC[C@H](COP(=O)(O)OC[C@H](N)C(=O)O)OC(=O)CCC/C=C\C[C@H]1C(=O)C[C@@H](O)[C@@H]1/C=C/[C@@H](O)CCCCC. The van der Waals surface area contributed by atoms with E-state index in [0.29, 0.717) is 38.5 Å². The fourth-order valence-electron chi connectivity index (χ4n) is 6.47. The zero-order valence-corrected chi connectivity index (χ0v) is 37.6. The lowest BCUT2D eigenvalue weighted by molar-refractivity contribution is -0.161. The molecule has 0 aromatic carbocycles. The summed E-state index contributed by atoms with van der Waals surface area (Å²) in [5.41, 5.74) is 5.32. The largest absolute Gasteiger partial charge is 0.480 e. The van der Waals surface area contributed by atoms with Crippen molar-refractivity contribution in [3.63, 3.8) is 0 Å². The zero-order chi connectivity index (χ0) is 45.1. The molecule has 61 heavy (non-hydrogen) atoms. The number of ether oxygens (including phenoxy) is 2. The van der Waals surface area contributed by atoms with Crippen LogP contribution in [0, 0.1) is 11.8 Å². The van der Waals surface area contributed by atoms with E-state index in [1.165, 1.54) is 38.5 Å². The number of phosphoric ester groups is 1. The van der Waals surface area contributed by atoms with E-state index in [0.717, 1.165) is 38.5 Å². The molecule has 0 aromatic heterocycles. The Kier molecular flexibility index (Phi) is 32.2. The van der Waals surface area contributed by atoms with Gasteiger partial charge in [0.2, 0.25) is 0 Å². The summed E-state index contributed by atoms with van der Waals surface area (Å²) >= 11 is 0. The first-order valence-electron chi connectivity index (χ1n) is 22.4. The number of unbranched alkanes of at least 4 members (excludes halogenated alkanes) is 10. The minimum atomic E-state index is -4.81. The number of hydrogen-bond donors (Lipinski definition) is 5. The van der Waals surface area contributed by atoms with Crippen LogP contribution >= 0.6 is 7.82 Å². The van der Waals surface area contributed by atoms with Gasteiger partial charge in [0.05, 0.1) is 25.4 Å². The van der Waals surface area contributed by atoms with Crippen molar-refractivity contribution in [2.75, 3.05) is 19.8 Å². The molecular formula is C46H76NO13P. The van der Waals surface area contributed by atoms with E-state index in [1.54, 1.807) is 12.2 Å². The van der Waals surface area contributed by atoms with E-state index in [2.05, 4.69) is 42.7 Å². The standard InChI is InChI=1S/C46H76NO13P/c1-3-5-7-8-9-10-11-12-13-14-15-16-17-18-19-20-25-29-44(51)57-34-38(35-58-61(55,56)59-36-41(47)46(53)54)60-45(52)30-26-22-21-24-28-39-40(43(50)33-42(39)49)32-31-37(48)27-23-6-4-2/h12-13,15-16,18-19,21,24,31-32,37-41,43,48,50H,3-11,14,17,20,22-23,25-30,33-36,47H2,1-2H3,(H,53,54)(H,55,56)/b13-12-,16-15-,19-18-,24-21-,32-31+/t37-,38+,39+,40+,41-,43+/m0/s1. The molecule has 1 unspecified atom stereocenters. The summed E-state index contributed by atoms with van der Waals surface area (Å²) in [6.07, 6.45) is 33.8. The van der Waals surface area contributed by atoms with Gasteiger partial charge in [-0.3, -0.25) is 28.2 Å². The Morgan fingerprint density at radius 1 is 0.770 bits per heavy atom. The minimum Gasteiger partial charge on any atom is -0.480 e. The molecule has 0 heterocycles. The van der Waals surface area contributed by atoms with Gasteiger partial charge < -0.3 is 35.4 Å². The molecule has 348 valence electrons. The number of esters is 2. The number of carboxylic acids is 1. The Morgan fingerprint density at radius 2 is 1.33 bits per heavy atom. The lowest BCUT2D eigenvalue weighted by atomic mass is 9.90. The van der Waals surface area contributed by atoms with Crippen molar-refractivity contribution >= 4 is 31.5 Å². The first-order chi connectivity index (χ1) is 29.3. The summed E-state index contributed by atoms with van der Waals surface area (Å²) < 4.78 is 32.6. The molecule has 1 saturated carbocycles. The number of nitrogens with two attached hydrogens (primary N) is 1. The predicted octanol–water partition coefficient (Wildman–Crippen LogP) is 8.54. The zero-order valence-electron chi connectivity index (χ0n) is 36.7. The van der Waals surface area contributed by atoms with Crippen LogP contribution in [-0.2, 0) is 42.3 Å². The number of hydrogen-bond acceptors (Lipinski definition) is 12. The topological polar surface area (TPSA) is 229 Å². The molecule has 14 nitrogen and oxygen atoms in total. The van der Waals surface area contributed by atoms with Gasteiger partial charge in [0.25, 0.3) is 0 Å². The highest BCUT2D eigenvalue weighted by atomic mass is 31.2. The fraction of sp³-hybridized carbons (Fsp3) is 0.696. The van der Waals surface area contributed by atoms with Crippen molar-refractivity contribution in [3.8, 4) is 0 Å². The number of aliphatic hydroxyl groups is 2. The summed E-state index contributed by atoms with van der Waals surface area (Å²) in [4.78, 5) is 58.7. The average molecular weight is 882 g/mol. The summed E-state index contributed by atoms with van der Waals surface area (Å²) in [7, 11) is -4.81. The van der Waals surface area contributed by atoms with E-state index >= 15 is 0 Å². The maximum absolute atomic E-state index is 12.7. The van der Waals surface area contributed by atoms with Gasteiger partial charge in [0.15, 0.2) is 6.10 Å². The highest BCUT2D eigenvalue weighted by Crippen LogP contribution is 2.43. The average Bonchev–Trinajstić information content (AvgIpc) is 3.49. The third-order valence-electron chi connectivity index (χ3n) is 10.1. The second kappa shape index (κ2) is 35.3. The van der Waals surface area contributed by atoms with Gasteiger partial charge in [0, 0.05) is 31.1 Å². The van der Waals surface area contributed by atoms with Crippen LogP contribution in [0.25, 0.3) is 0 Å². The molecule has 1 aliphatic carbocycles. The minimum absolute atomic E-state index is 0.0414. The van der Waals surface area contributed by atoms with Gasteiger partial charge >= 0.3 is 25.7 Å². The molecule has 0 spiro atoms. The Morgan fingerprint density at radius 3 is 1.98 bits per heavy atom. The van der Waals surface area contributed by atoms with Gasteiger partial charge in [-0.15, -0.1) is 0 Å². The van der Waals surface area contributed by atoms with Crippen LogP contribution in [0.4, 0.5) is 0 Å². The molecule has 15 heteroatoms. The van der Waals surface area contributed by atoms with Crippen molar-refractivity contribution < 1.29 is 62.5 Å². The third kappa shape index (κ3) is 29.7. The summed E-state index contributed by atoms with van der Waals surface area (Å²) in [5, 5.41) is 29.6. The van der Waals surface area contributed by atoms with Crippen LogP contribution in [0.2, 0.25) is 0 Å². The van der Waals surface area contributed by atoms with Crippen LogP contribution in [0.3, 0.4) is 0 Å². The number of Topliss-reactive ketones (excluding diaryl/α,β-unsaturated/α-hetero) is 1. The van der Waals surface area contributed by atoms with Crippen LogP contribution in [0.1, 0.15) is 149 Å². The molecular weight excluding hydrogens is 805 g/mol. The Labute approximate surface area is 364 Å². The lowest BCUT2D eigenvalue weighted by Crippen LogP contribution is -2.34. The molecule has 0 radical (unpaired) electrons. The van der Waals surface area contributed by atoms with E-state index < -0.39 is 75.8 Å². The molecule has 6 N–H and O–H groups in total. The lowest BCUT2D eigenvalue weighted by Gasteiger charge is -2.20. The monoisotopic (exact) mass is 882 g/mol. The first kappa shape index (κ1) is 55.8. The second-order valence-corrected chi connectivity index (χ2v) is 17.1. The number of ketones is 1. The van der Waals surface area contributed by atoms with Crippen LogP contribution in [-0.4, -0.2) is 88.1 Å².